The van der Waals surface area contributed by atoms with Crippen LogP contribution >= 0.6 is 0 Å². The van der Waals surface area contributed by atoms with Crippen LogP contribution in [0.3, 0.4) is 0 Å². The van der Waals surface area contributed by atoms with E-state index in [1.807, 2.05) is 0 Å². The molecule has 0 saturated carbocycles. The minimum atomic E-state index is -0.629. The minimum absolute atomic E-state index is 0.0773. The van der Waals surface area contributed by atoms with Crippen molar-refractivity contribution in [3.05, 3.63) is 27.8 Å². The molecule has 0 fully saturated rings. The fourth-order valence-electron chi connectivity index (χ4n) is 2.20. The first-order valence-electron chi connectivity index (χ1n) is 6.53. The van der Waals surface area contributed by atoms with Gasteiger partial charge in [0.25, 0.3) is 5.69 Å². The van der Waals surface area contributed by atoms with Gasteiger partial charge in [0.1, 0.15) is 5.69 Å². The molecule has 8 heteroatoms. The molecule has 3 N–H and O–H groups in total. The fraction of sp³-hybridized carbons (Fsp3) is 0.462. The molecule has 0 radical (unpaired) electrons. The topological polar surface area (TPSA) is 114 Å². The van der Waals surface area contributed by atoms with E-state index >= 15 is 0 Å². The lowest BCUT2D eigenvalue weighted by atomic mass is 10.1. The molecule has 1 aliphatic heterocycles. The van der Waals surface area contributed by atoms with E-state index in [0.717, 1.165) is 0 Å². The highest BCUT2D eigenvalue weighted by Gasteiger charge is 2.24. The number of nitrogens with zero attached hydrogens (tertiary/aromatic N) is 1. The van der Waals surface area contributed by atoms with Crippen LogP contribution in [0.2, 0.25) is 0 Å². The number of hydrogen-bond donors (Lipinski definition) is 3. The lowest BCUT2D eigenvalue weighted by molar-refractivity contribution is -0.384. The van der Waals surface area contributed by atoms with E-state index < -0.39 is 11.0 Å². The number of ether oxygens (including phenoxy) is 1. The molecule has 1 aromatic carbocycles. The van der Waals surface area contributed by atoms with E-state index in [2.05, 4.69) is 10.6 Å². The van der Waals surface area contributed by atoms with E-state index in [1.165, 1.54) is 13.2 Å². The average Bonchev–Trinajstić information content (AvgIpc) is 2.77. The van der Waals surface area contributed by atoms with E-state index in [-0.39, 0.29) is 24.6 Å². The van der Waals surface area contributed by atoms with Gasteiger partial charge in [0.05, 0.1) is 24.1 Å². The van der Waals surface area contributed by atoms with Crippen molar-refractivity contribution in [1.82, 2.24) is 0 Å². The number of methoxy groups -OCH3 is 1. The van der Waals surface area contributed by atoms with E-state index in [4.69, 9.17) is 4.74 Å². The molecule has 0 spiro atoms. The summed E-state index contributed by atoms with van der Waals surface area (Å²) in [4.78, 5) is 21.9. The van der Waals surface area contributed by atoms with Crippen molar-refractivity contribution in [1.29, 1.82) is 0 Å². The molecule has 8 nitrogen and oxygen atoms in total. The van der Waals surface area contributed by atoms with E-state index in [0.29, 0.717) is 29.9 Å². The summed E-state index contributed by atoms with van der Waals surface area (Å²) in [5, 5.41) is 26.2. The first kappa shape index (κ1) is 15.2. The number of nitro groups is 1. The summed E-state index contributed by atoms with van der Waals surface area (Å²) in [5.74, 6) is -0.174. The van der Waals surface area contributed by atoms with Crippen LogP contribution in [-0.2, 0) is 16.0 Å². The lowest BCUT2D eigenvalue weighted by Crippen LogP contribution is -2.18. The van der Waals surface area contributed by atoms with Crippen molar-refractivity contribution < 1.29 is 19.6 Å². The van der Waals surface area contributed by atoms with E-state index in [9.17, 15) is 20.0 Å². The highest BCUT2D eigenvalue weighted by molar-refractivity contribution is 6.00. The number of benzene rings is 1. The van der Waals surface area contributed by atoms with Crippen molar-refractivity contribution >= 4 is 23.0 Å². The Morgan fingerprint density at radius 3 is 3.00 bits per heavy atom. The third kappa shape index (κ3) is 3.67. The fourth-order valence-corrected chi connectivity index (χ4v) is 2.20. The van der Waals surface area contributed by atoms with Gasteiger partial charge in [0.2, 0.25) is 5.91 Å². The molecule has 21 heavy (non-hydrogen) atoms. The Bertz CT molecular complexity index is 561. The van der Waals surface area contributed by atoms with Crippen molar-refractivity contribution in [2.75, 3.05) is 30.9 Å². The molecule has 0 aromatic heterocycles. The van der Waals surface area contributed by atoms with Gasteiger partial charge >= 0.3 is 0 Å². The number of hydrogen-bond acceptors (Lipinski definition) is 6. The molecule has 114 valence electrons. The van der Waals surface area contributed by atoms with Gasteiger partial charge < -0.3 is 20.5 Å². The number of fused-ring (bicyclic) bond motifs is 1. The van der Waals surface area contributed by atoms with Gasteiger partial charge in [-0.1, -0.05) is 0 Å². The van der Waals surface area contributed by atoms with Crippen molar-refractivity contribution in [3.63, 3.8) is 0 Å². The molecule has 1 aliphatic rings. The van der Waals surface area contributed by atoms with Crippen LogP contribution in [0.1, 0.15) is 12.0 Å². The predicted octanol–water partition coefficient (Wildman–Crippen LogP) is 0.899. The molecule has 1 unspecified atom stereocenters. The van der Waals surface area contributed by atoms with Gasteiger partial charge in [-0.3, -0.25) is 14.9 Å². The SMILES string of the molecule is COCC(O)CCNc1cc2c(cc1[N+](=O)[O-])CC(=O)N2. The summed E-state index contributed by atoms with van der Waals surface area (Å²) in [7, 11) is 1.49. The van der Waals surface area contributed by atoms with Crippen molar-refractivity contribution in [3.8, 4) is 0 Å². The Labute approximate surface area is 121 Å². The number of aliphatic hydroxyl groups excluding tert-OH is 1. The normalized spacial score (nSPS) is 14.5. The Morgan fingerprint density at radius 1 is 1.57 bits per heavy atom. The number of carbonyl (C=O) groups excluding carboxylic acids is 1. The Kier molecular flexibility index (Phi) is 4.71. The third-order valence-corrected chi connectivity index (χ3v) is 3.20. The predicted molar refractivity (Wildman–Crippen MR) is 76.4 cm³/mol. The highest BCUT2D eigenvalue weighted by atomic mass is 16.6. The molecule has 1 heterocycles. The molecule has 0 bridgehead atoms. The monoisotopic (exact) mass is 295 g/mol. The largest absolute Gasteiger partial charge is 0.391 e. The van der Waals surface area contributed by atoms with Gasteiger partial charge in [0.15, 0.2) is 0 Å². The second-order valence-electron chi connectivity index (χ2n) is 4.83. The maximum Gasteiger partial charge on any atom is 0.292 e. The maximum absolute atomic E-state index is 11.3. The Morgan fingerprint density at radius 2 is 2.33 bits per heavy atom. The summed E-state index contributed by atoms with van der Waals surface area (Å²) in [6.07, 6.45) is -0.0760. The number of nitrogens with one attached hydrogen (secondary N) is 2. The second-order valence-corrected chi connectivity index (χ2v) is 4.83. The standard InChI is InChI=1S/C13H17N3O5/c1-21-7-9(17)2-3-14-11-6-10-8(5-13(18)15-10)4-12(11)16(19)20/h4,6,9,14,17H,2-3,5,7H2,1H3,(H,15,18). The van der Waals surface area contributed by atoms with Crippen molar-refractivity contribution in [2.24, 2.45) is 0 Å². The van der Waals surface area contributed by atoms with Gasteiger partial charge in [-0.2, -0.15) is 0 Å². The van der Waals surface area contributed by atoms with Crippen LogP contribution in [0.4, 0.5) is 17.1 Å². The zero-order valence-electron chi connectivity index (χ0n) is 11.6. The zero-order chi connectivity index (χ0) is 15.4. The van der Waals surface area contributed by atoms with Crippen LogP contribution in [0.25, 0.3) is 0 Å². The quantitative estimate of drug-likeness (QED) is 0.508. The van der Waals surface area contributed by atoms with Crippen molar-refractivity contribution in [2.45, 2.75) is 18.9 Å². The average molecular weight is 295 g/mol. The summed E-state index contributed by atoms with van der Waals surface area (Å²) < 4.78 is 4.81. The van der Waals surface area contributed by atoms with Gasteiger partial charge in [-0.05, 0) is 18.1 Å². The minimum Gasteiger partial charge on any atom is -0.391 e. The molecule has 0 saturated heterocycles. The first-order chi connectivity index (χ1) is 10.0. The molecule has 1 aromatic rings. The molecular weight excluding hydrogens is 278 g/mol. The summed E-state index contributed by atoms with van der Waals surface area (Å²) in [6.45, 7) is 0.572. The van der Waals surface area contributed by atoms with Crippen LogP contribution in [0.15, 0.2) is 12.1 Å². The number of carbonyl (C=O) groups is 1. The van der Waals surface area contributed by atoms with E-state index in [1.54, 1.807) is 6.07 Å². The molecule has 1 atom stereocenters. The summed E-state index contributed by atoms with van der Waals surface area (Å²) in [5.41, 5.74) is 1.46. The van der Waals surface area contributed by atoms with Gasteiger partial charge in [0, 0.05) is 25.4 Å². The highest BCUT2D eigenvalue weighted by Crippen LogP contribution is 2.34. The number of rotatable bonds is 7. The smallest absolute Gasteiger partial charge is 0.292 e. The Hall–Kier alpha value is -2.19. The number of aliphatic hydroxyl groups is 1. The number of anilines is 2. The van der Waals surface area contributed by atoms with Gasteiger partial charge in [-0.25, -0.2) is 0 Å². The lowest BCUT2D eigenvalue weighted by Gasteiger charge is -2.12. The molecule has 2 rings (SSSR count). The Balaban J connectivity index is 2.09. The molecular formula is C13H17N3O5. The molecule has 1 amide bonds. The van der Waals surface area contributed by atoms with Gasteiger partial charge in [-0.15, -0.1) is 0 Å². The molecule has 0 aliphatic carbocycles. The summed E-state index contributed by atoms with van der Waals surface area (Å²) >= 11 is 0. The van der Waals surface area contributed by atoms with Crippen LogP contribution in [-0.4, -0.2) is 42.3 Å². The number of amides is 1. The van der Waals surface area contributed by atoms with Crippen LogP contribution < -0.4 is 10.6 Å². The summed E-state index contributed by atoms with van der Waals surface area (Å²) in [6, 6.07) is 2.96. The maximum atomic E-state index is 11.3. The number of nitro benzene ring substituents is 1. The second kappa shape index (κ2) is 6.51. The van der Waals surface area contributed by atoms with Crippen LogP contribution in [0.5, 0.6) is 0 Å². The third-order valence-electron chi connectivity index (χ3n) is 3.20. The van der Waals surface area contributed by atoms with Crippen LogP contribution in [0, 0.1) is 10.1 Å². The first-order valence-corrected chi connectivity index (χ1v) is 6.53. The zero-order valence-corrected chi connectivity index (χ0v) is 11.6.